The second-order valence-corrected chi connectivity index (χ2v) is 9.35. The van der Waals surface area contributed by atoms with Crippen LogP contribution in [0.4, 0.5) is 17.5 Å². The van der Waals surface area contributed by atoms with Crippen molar-refractivity contribution < 1.29 is 9.47 Å². The minimum atomic E-state index is 0.345. The Bertz CT molecular complexity index is 1390. The molecule has 2 aliphatic heterocycles. The van der Waals surface area contributed by atoms with Gasteiger partial charge >= 0.3 is 0 Å². The summed E-state index contributed by atoms with van der Waals surface area (Å²) in [4.78, 5) is 16.6. The number of benzene rings is 1. The highest BCUT2D eigenvalue weighted by Gasteiger charge is 2.45. The number of nitrogens with one attached hydrogen (secondary N) is 1. The Morgan fingerprint density at radius 3 is 2.69 bits per heavy atom. The molecule has 2 saturated heterocycles. The maximum absolute atomic E-state index is 5.62. The average molecular weight is 474 g/mol. The minimum Gasteiger partial charge on any atom is -0.495 e. The molecule has 2 aliphatic rings. The van der Waals surface area contributed by atoms with Crippen LogP contribution < -0.4 is 15.0 Å². The monoisotopic (exact) mass is 473 g/mol. The van der Waals surface area contributed by atoms with Gasteiger partial charge in [-0.05, 0) is 54.5 Å². The van der Waals surface area contributed by atoms with Crippen LogP contribution in [0.5, 0.6) is 5.75 Å². The summed E-state index contributed by atoms with van der Waals surface area (Å²) in [6.07, 6.45) is 4.06. The number of aromatic nitrogens is 7. The molecule has 180 valence electrons. The summed E-state index contributed by atoms with van der Waals surface area (Å²) in [5, 5.41) is 16.0. The molecule has 1 spiro atoms. The third-order valence-corrected chi connectivity index (χ3v) is 6.91. The van der Waals surface area contributed by atoms with Crippen molar-refractivity contribution in [3.63, 3.8) is 0 Å². The second kappa shape index (κ2) is 8.42. The maximum Gasteiger partial charge on any atom is 0.227 e. The summed E-state index contributed by atoms with van der Waals surface area (Å²) in [5.74, 6) is 2.69. The van der Waals surface area contributed by atoms with E-state index in [1.807, 2.05) is 37.4 Å². The molecule has 11 nitrogen and oxygen atoms in total. The lowest BCUT2D eigenvalue weighted by molar-refractivity contribution is -0.000372. The maximum atomic E-state index is 5.62. The third kappa shape index (κ3) is 3.91. The van der Waals surface area contributed by atoms with E-state index in [-0.39, 0.29) is 0 Å². The number of anilines is 3. The van der Waals surface area contributed by atoms with Crippen molar-refractivity contribution in [3.8, 4) is 17.1 Å². The molecule has 5 heterocycles. The van der Waals surface area contributed by atoms with Crippen LogP contribution in [0.15, 0.2) is 30.5 Å². The molecule has 6 rings (SSSR count). The molecule has 0 radical (unpaired) electrons. The van der Waals surface area contributed by atoms with Crippen LogP contribution in [0.3, 0.4) is 0 Å². The topological polar surface area (TPSA) is 116 Å². The number of hydrogen-bond donors (Lipinski definition) is 1. The van der Waals surface area contributed by atoms with Crippen LogP contribution >= 0.6 is 0 Å². The smallest absolute Gasteiger partial charge is 0.227 e. The Hall–Kier alpha value is -3.86. The van der Waals surface area contributed by atoms with Gasteiger partial charge in [0.25, 0.3) is 0 Å². The first-order valence-corrected chi connectivity index (χ1v) is 11.7. The average Bonchev–Trinajstić information content (AvgIpc) is 3.28. The number of pyridine rings is 1. The van der Waals surface area contributed by atoms with Gasteiger partial charge in [-0.3, -0.25) is 0 Å². The lowest BCUT2D eigenvalue weighted by Crippen LogP contribution is -2.59. The van der Waals surface area contributed by atoms with Gasteiger partial charge in [0.05, 0.1) is 12.8 Å². The number of rotatable bonds is 5. The van der Waals surface area contributed by atoms with Crippen LogP contribution in [0, 0.1) is 12.3 Å². The Morgan fingerprint density at radius 1 is 1.11 bits per heavy atom. The van der Waals surface area contributed by atoms with E-state index in [0.717, 1.165) is 72.8 Å². The number of tetrazole rings is 1. The quantitative estimate of drug-likeness (QED) is 0.464. The number of hydrogen-bond acceptors (Lipinski definition) is 10. The third-order valence-electron chi connectivity index (χ3n) is 6.91. The van der Waals surface area contributed by atoms with Crippen molar-refractivity contribution in [1.82, 2.24) is 35.2 Å². The van der Waals surface area contributed by atoms with Gasteiger partial charge in [0.15, 0.2) is 11.6 Å². The van der Waals surface area contributed by atoms with E-state index < -0.39 is 0 Å². The normalized spacial score (nSPS) is 16.9. The lowest BCUT2D eigenvalue weighted by atomic mass is 9.73. The summed E-state index contributed by atoms with van der Waals surface area (Å²) in [6.45, 7) is 5.68. The standard InChI is InChI=1S/C24H27N9O2/c1-15-10-17-12-25-23(27-18-5-4-16(11-19(18)34-3)21-29-30-31-32(21)2)28-20(17)22(26-15)33-13-24(14-33)6-8-35-9-7-24/h4-5,10-12H,6-9,13-14H2,1-3H3,(H,25,27,28). The fraction of sp³-hybridized carbons (Fsp3) is 0.417. The highest BCUT2D eigenvalue weighted by Crippen LogP contribution is 2.43. The Labute approximate surface area is 202 Å². The SMILES string of the molecule is COc1cc(-c2nnnn2C)ccc1Nc1ncc2cc(C)nc(N3CC4(CCOCC4)C3)c2n1. The zero-order valence-corrected chi connectivity index (χ0v) is 20.0. The van der Waals surface area contributed by atoms with Gasteiger partial charge in [0.1, 0.15) is 11.3 Å². The second-order valence-electron chi connectivity index (χ2n) is 9.35. The number of nitrogens with zero attached hydrogens (tertiary/aromatic N) is 8. The predicted molar refractivity (Wildman–Crippen MR) is 131 cm³/mol. The molecule has 2 fully saturated rings. The van der Waals surface area contributed by atoms with Gasteiger partial charge < -0.3 is 19.7 Å². The molecule has 35 heavy (non-hydrogen) atoms. The van der Waals surface area contributed by atoms with Crippen molar-refractivity contribution >= 4 is 28.4 Å². The summed E-state index contributed by atoms with van der Waals surface area (Å²) in [7, 11) is 3.42. The van der Waals surface area contributed by atoms with Gasteiger partial charge in [0.2, 0.25) is 5.95 Å². The van der Waals surface area contributed by atoms with Crippen molar-refractivity contribution in [2.75, 3.05) is 43.6 Å². The minimum absolute atomic E-state index is 0.345. The number of ether oxygens (including phenoxy) is 2. The Kier molecular flexibility index (Phi) is 5.21. The molecule has 0 atom stereocenters. The molecule has 1 N–H and O–H groups in total. The van der Waals surface area contributed by atoms with E-state index in [4.69, 9.17) is 19.4 Å². The van der Waals surface area contributed by atoms with Gasteiger partial charge in [-0.15, -0.1) is 5.10 Å². The van der Waals surface area contributed by atoms with E-state index in [2.05, 4.69) is 30.7 Å². The first-order valence-electron chi connectivity index (χ1n) is 11.7. The van der Waals surface area contributed by atoms with Gasteiger partial charge in [0, 0.05) is 61.6 Å². The molecule has 0 saturated carbocycles. The zero-order valence-electron chi connectivity index (χ0n) is 20.0. The number of methoxy groups -OCH3 is 1. The summed E-state index contributed by atoms with van der Waals surface area (Å²) < 4.78 is 12.8. The van der Waals surface area contributed by atoms with Crippen LogP contribution in [0.2, 0.25) is 0 Å². The van der Waals surface area contributed by atoms with Gasteiger partial charge in [-0.2, -0.15) is 0 Å². The van der Waals surface area contributed by atoms with Crippen molar-refractivity contribution in [3.05, 3.63) is 36.2 Å². The zero-order chi connectivity index (χ0) is 24.0. The fourth-order valence-electron chi connectivity index (χ4n) is 5.00. The number of aryl methyl sites for hydroxylation is 2. The van der Waals surface area contributed by atoms with Crippen molar-refractivity contribution in [1.29, 1.82) is 0 Å². The molecule has 11 heteroatoms. The van der Waals surface area contributed by atoms with Crippen LogP contribution in [0.1, 0.15) is 18.5 Å². The van der Waals surface area contributed by atoms with Gasteiger partial charge in [-0.25, -0.2) is 19.6 Å². The molecular formula is C24H27N9O2. The fourth-order valence-corrected chi connectivity index (χ4v) is 5.00. The summed E-state index contributed by atoms with van der Waals surface area (Å²) >= 11 is 0. The van der Waals surface area contributed by atoms with E-state index >= 15 is 0 Å². The van der Waals surface area contributed by atoms with Crippen molar-refractivity contribution in [2.45, 2.75) is 19.8 Å². The van der Waals surface area contributed by atoms with E-state index in [1.165, 1.54) is 0 Å². The highest BCUT2D eigenvalue weighted by molar-refractivity contribution is 5.90. The Balaban J connectivity index is 1.30. The van der Waals surface area contributed by atoms with Crippen LogP contribution in [0.25, 0.3) is 22.3 Å². The summed E-state index contributed by atoms with van der Waals surface area (Å²) in [6, 6.07) is 7.76. The molecule has 4 aromatic rings. The predicted octanol–water partition coefficient (Wildman–Crippen LogP) is 2.89. The first kappa shape index (κ1) is 21.7. The number of fused-ring (bicyclic) bond motifs is 1. The molecule has 1 aromatic carbocycles. The molecule has 3 aromatic heterocycles. The van der Waals surface area contributed by atoms with Crippen LogP contribution in [-0.4, -0.2) is 68.6 Å². The lowest BCUT2D eigenvalue weighted by Gasteiger charge is -2.52. The Morgan fingerprint density at radius 2 is 1.94 bits per heavy atom. The molecular weight excluding hydrogens is 446 g/mol. The van der Waals surface area contributed by atoms with Crippen LogP contribution in [-0.2, 0) is 11.8 Å². The van der Waals surface area contributed by atoms with Gasteiger partial charge in [-0.1, -0.05) is 0 Å². The molecule has 0 unspecified atom stereocenters. The largest absolute Gasteiger partial charge is 0.495 e. The summed E-state index contributed by atoms with van der Waals surface area (Å²) in [5.41, 5.74) is 3.74. The highest BCUT2D eigenvalue weighted by atomic mass is 16.5. The van der Waals surface area contributed by atoms with Crippen molar-refractivity contribution in [2.24, 2.45) is 12.5 Å². The molecule has 0 aliphatic carbocycles. The van der Waals surface area contributed by atoms with E-state index in [1.54, 1.807) is 18.8 Å². The van der Waals surface area contributed by atoms with E-state index in [0.29, 0.717) is 22.9 Å². The molecule has 0 amide bonds. The molecule has 0 bridgehead atoms. The first-order chi connectivity index (χ1) is 17.0. The van der Waals surface area contributed by atoms with E-state index in [9.17, 15) is 0 Å².